The molecule has 0 aliphatic rings. The molecule has 3 aromatic rings. The second-order valence-electron chi connectivity index (χ2n) is 9.40. The largest absolute Gasteiger partial charge is 0.478 e. The normalized spacial score (nSPS) is 11.6. The third-order valence-electron chi connectivity index (χ3n) is 5.06. The number of aliphatic hydroxyl groups is 1. The summed E-state index contributed by atoms with van der Waals surface area (Å²) in [6, 6.07) is 16.5. The van der Waals surface area contributed by atoms with Gasteiger partial charge in [-0.15, -0.1) is 0 Å². The highest BCUT2D eigenvalue weighted by molar-refractivity contribution is 5.95. The molecule has 9 heteroatoms. The standard InChI is InChI=1S/C14H22N2O2.C13H13N3O2/c1-14(2,3)13(18)16-11-7-5-6-10(8-11)12(17)9-15-4;1-16(2)13-14-8-10(12(17)18)11(15-13)9-6-4-3-5-7-9/h5-8,12,15,17H,9H2,1-4H3,(H,16,18);3-8H,1-2H3,(H,17,18). The minimum atomic E-state index is -1.03. The van der Waals surface area contributed by atoms with Crippen molar-refractivity contribution in [1.82, 2.24) is 15.3 Å². The van der Waals surface area contributed by atoms with Crippen molar-refractivity contribution >= 4 is 23.5 Å². The Morgan fingerprint density at radius 2 is 1.72 bits per heavy atom. The molecular formula is C27H35N5O4. The van der Waals surface area contributed by atoms with Crippen LogP contribution in [-0.4, -0.2) is 59.7 Å². The van der Waals surface area contributed by atoms with Crippen molar-refractivity contribution in [2.75, 3.05) is 37.9 Å². The van der Waals surface area contributed by atoms with Crippen LogP contribution in [0.3, 0.4) is 0 Å². The Kier molecular flexibility index (Phi) is 10.1. The van der Waals surface area contributed by atoms with Crippen LogP contribution in [-0.2, 0) is 4.79 Å². The first-order chi connectivity index (χ1) is 16.9. The van der Waals surface area contributed by atoms with E-state index >= 15 is 0 Å². The summed E-state index contributed by atoms with van der Waals surface area (Å²) >= 11 is 0. The number of aromatic nitrogens is 2. The molecule has 1 aromatic heterocycles. The average Bonchev–Trinajstić information content (AvgIpc) is 2.84. The fourth-order valence-corrected chi connectivity index (χ4v) is 3.01. The zero-order valence-electron chi connectivity index (χ0n) is 21.6. The number of carboxylic acids is 1. The van der Waals surface area contributed by atoms with Crippen molar-refractivity contribution in [2.45, 2.75) is 26.9 Å². The Hall–Kier alpha value is -3.82. The molecular weight excluding hydrogens is 458 g/mol. The molecule has 0 radical (unpaired) electrons. The summed E-state index contributed by atoms with van der Waals surface area (Å²) in [5, 5.41) is 24.8. The maximum absolute atomic E-state index is 11.9. The quantitative estimate of drug-likeness (QED) is 0.391. The number of hydrogen-bond acceptors (Lipinski definition) is 7. The van der Waals surface area contributed by atoms with Gasteiger partial charge < -0.3 is 25.7 Å². The number of carboxylic acid groups (broad SMARTS) is 1. The first kappa shape index (κ1) is 28.4. The zero-order chi connectivity index (χ0) is 26.9. The second kappa shape index (κ2) is 12.8. The number of rotatable bonds is 7. The first-order valence-corrected chi connectivity index (χ1v) is 11.5. The van der Waals surface area contributed by atoms with Crippen LogP contribution in [0, 0.1) is 5.41 Å². The monoisotopic (exact) mass is 493 g/mol. The lowest BCUT2D eigenvalue weighted by Gasteiger charge is -2.18. The van der Waals surface area contributed by atoms with Crippen molar-refractivity contribution < 1.29 is 19.8 Å². The molecule has 1 amide bonds. The molecule has 2 aromatic carbocycles. The molecule has 9 nitrogen and oxygen atoms in total. The van der Waals surface area contributed by atoms with Gasteiger partial charge in [0.05, 0.1) is 11.8 Å². The predicted octanol–water partition coefficient (Wildman–Crippen LogP) is 3.83. The number of aliphatic hydroxyl groups excluding tert-OH is 1. The van der Waals surface area contributed by atoms with E-state index < -0.39 is 17.5 Å². The van der Waals surface area contributed by atoms with Crippen LogP contribution in [0.1, 0.15) is 42.8 Å². The predicted molar refractivity (Wildman–Crippen MR) is 142 cm³/mol. The SMILES string of the molecule is CN(C)c1ncc(C(=O)O)c(-c2ccccc2)n1.CNCC(O)c1cccc(NC(=O)C(C)(C)C)c1. The van der Waals surface area contributed by atoms with Crippen LogP contribution in [0.4, 0.5) is 11.6 Å². The summed E-state index contributed by atoms with van der Waals surface area (Å²) in [6.45, 7) is 6.07. The number of amides is 1. The molecule has 3 rings (SSSR count). The summed E-state index contributed by atoms with van der Waals surface area (Å²) in [4.78, 5) is 33.1. The van der Waals surface area contributed by atoms with Gasteiger partial charge in [0.1, 0.15) is 5.56 Å². The molecule has 0 spiro atoms. The number of nitrogens with zero attached hydrogens (tertiary/aromatic N) is 3. The van der Waals surface area contributed by atoms with E-state index in [1.54, 1.807) is 18.0 Å². The van der Waals surface area contributed by atoms with Crippen LogP contribution in [0.15, 0.2) is 60.8 Å². The van der Waals surface area contributed by atoms with Gasteiger partial charge in [0.2, 0.25) is 11.9 Å². The molecule has 0 saturated carbocycles. The van der Waals surface area contributed by atoms with Gasteiger partial charge >= 0.3 is 5.97 Å². The second-order valence-corrected chi connectivity index (χ2v) is 9.40. The fraction of sp³-hybridized carbons (Fsp3) is 0.333. The number of nitrogens with one attached hydrogen (secondary N) is 2. The summed E-state index contributed by atoms with van der Waals surface area (Å²) in [5.41, 5.74) is 2.37. The zero-order valence-corrected chi connectivity index (χ0v) is 21.6. The summed E-state index contributed by atoms with van der Waals surface area (Å²) in [6.07, 6.45) is 0.772. The Morgan fingerprint density at radius 1 is 1.06 bits per heavy atom. The molecule has 1 unspecified atom stereocenters. The number of likely N-dealkylation sites (N-methyl/N-ethyl adjacent to an activating group) is 1. The lowest BCUT2D eigenvalue weighted by molar-refractivity contribution is -0.123. The molecule has 0 saturated heterocycles. The smallest absolute Gasteiger partial charge is 0.339 e. The molecule has 0 bridgehead atoms. The van der Waals surface area contributed by atoms with Crippen molar-refractivity contribution in [3.63, 3.8) is 0 Å². The van der Waals surface area contributed by atoms with E-state index in [-0.39, 0.29) is 11.5 Å². The van der Waals surface area contributed by atoms with Gasteiger partial charge in [-0.1, -0.05) is 63.2 Å². The summed E-state index contributed by atoms with van der Waals surface area (Å²) in [5.74, 6) is -0.583. The molecule has 192 valence electrons. The number of aromatic carboxylic acids is 1. The lowest BCUT2D eigenvalue weighted by atomic mass is 9.95. The summed E-state index contributed by atoms with van der Waals surface area (Å²) in [7, 11) is 5.41. The molecule has 1 heterocycles. The van der Waals surface area contributed by atoms with Gasteiger partial charge in [-0.05, 0) is 24.7 Å². The van der Waals surface area contributed by atoms with Crippen molar-refractivity contribution in [1.29, 1.82) is 0 Å². The van der Waals surface area contributed by atoms with Gasteiger partial charge in [0.15, 0.2) is 0 Å². The van der Waals surface area contributed by atoms with E-state index in [1.807, 2.05) is 83.4 Å². The van der Waals surface area contributed by atoms with Gasteiger partial charge in [-0.2, -0.15) is 0 Å². The minimum Gasteiger partial charge on any atom is -0.478 e. The van der Waals surface area contributed by atoms with E-state index in [2.05, 4.69) is 20.6 Å². The topological polar surface area (TPSA) is 128 Å². The van der Waals surface area contributed by atoms with Gasteiger partial charge in [0, 0.05) is 43.5 Å². The Balaban J connectivity index is 0.000000254. The Labute approximate surface area is 212 Å². The highest BCUT2D eigenvalue weighted by atomic mass is 16.4. The molecule has 4 N–H and O–H groups in total. The molecule has 1 atom stereocenters. The van der Waals surface area contributed by atoms with Crippen LogP contribution in [0.2, 0.25) is 0 Å². The van der Waals surface area contributed by atoms with E-state index in [0.29, 0.717) is 23.9 Å². The third-order valence-corrected chi connectivity index (χ3v) is 5.06. The van der Waals surface area contributed by atoms with Crippen molar-refractivity contribution in [3.05, 3.63) is 71.9 Å². The highest BCUT2D eigenvalue weighted by Gasteiger charge is 2.21. The van der Waals surface area contributed by atoms with Crippen molar-refractivity contribution in [2.24, 2.45) is 5.41 Å². The Morgan fingerprint density at radius 3 is 2.28 bits per heavy atom. The molecule has 0 fully saturated rings. The van der Waals surface area contributed by atoms with E-state index in [0.717, 1.165) is 11.1 Å². The molecule has 0 aliphatic carbocycles. The average molecular weight is 494 g/mol. The van der Waals surface area contributed by atoms with E-state index in [1.165, 1.54) is 6.20 Å². The number of benzene rings is 2. The first-order valence-electron chi connectivity index (χ1n) is 11.5. The lowest BCUT2D eigenvalue weighted by Crippen LogP contribution is -2.27. The van der Waals surface area contributed by atoms with E-state index in [9.17, 15) is 14.7 Å². The maximum atomic E-state index is 11.9. The van der Waals surface area contributed by atoms with Gasteiger partial charge in [0.25, 0.3) is 0 Å². The summed E-state index contributed by atoms with van der Waals surface area (Å²) < 4.78 is 0. The number of anilines is 2. The third kappa shape index (κ3) is 8.14. The maximum Gasteiger partial charge on any atom is 0.339 e. The van der Waals surface area contributed by atoms with Gasteiger partial charge in [-0.3, -0.25) is 4.79 Å². The van der Waals surface area contributed by atoms with Crippen LogP contribution in [0.25, 0.3) is 11.3 Å². The van der Waals surface area contributed by atoms with Crippen LogP contribution >= 0.6 is 0 Å². The number of carbonyl (C=O) groups excluding carboxylic acids is 1. The van der Waals surface area contributed by atoms with Crippen LogP contribution < -0.4 is 15.5 Å². The molecule has 0 aliphatic heterocycles. The van der Waals surface area contributed by atoms with E-state index in [4.69, 9.17) is 5.11 Å². The number of hydrogen-bond donors (Lipinski definition) is 4. The van der Waals surface area contributed by atoms with Gasteiger partial charge in [-0.25, -0.2) is 14.8 Å². The fourth-order valence-electron chi connectivity index (χ4n) is 3.01. The minimum absolute atomic E-state index is 0.0391. The highest BCUT2D eigenvalue weighted by Crippen LogP contribution is 2.23. The molecule has 36 heavy (non-hydrogen) atoms. The van der Waals surface area contributed by atoms with Crippen LogP contribution in [0.5, 0.6) is 0 Å². The Bertz CT molecular complexity index is 1160. The number of carbonyl (C=O) groups is 2. The van der Waals surface area contributed by atoms with Crippen molar-refractivity contribution in [3.8, 4) is 11.3 Å².